The summed E-state index contributed by atoms with van der Waals surface area (Å²) in [6, 6.07) is -0.0510. The molecule has 2 unspecified atom stereocenters. The molecule has 110 valence electrons. The van der Waals surface area contributed by atoms with Crippen LogP contribution in [0, 0.1) is 5.41 Å². The molecule has 2 atom stereocenters. The van der Waals surface area contributed by atoms with Crippen molar-refractivity contribution in [2.45, 2.75) is 45.3 Å². The number of carbonyl (C=O) groups excluding carboxylic acids is 1. The zero-order chi connectivity index (χ0) is 14.6. The Morgan fingerprint density at radius 1 is 1.47 bits per heavy atom. The predicted molar refractivity (Wildman–Crippen MR) is 71.0 cm³/mol. The monoisotopic (exact) mass is 272 g/mol. The summed E-state index contributed by atoms with van der Waals surface area (Å²) in [7, 11) is 3.36. The third-order valence-corrected chi connectivity index (χ3v) is 3.99. The molecule has 2 amide bonds. The normalized spacial score (nSPS) is 24.4. The van der Waals surface area contributed by atoms with Crippen molar-refractivity contribution < 1.29 is 19.4 Å². The van der Waals surface area contributed by atoms with Crippen LogP contribution in [0.25, 0.3) is 0 Å². The first-order valence-corrected chi connectivity index (χ1v) is 6.55. The van der Waals surface area contributed by atoms with E-state index in [-0.39, 0.29) is 30.0 Å². The van der Waals surface area contributed by atoms with Gasteiger partial charge in [0.1, 0.15) is 0 Å². The van der Waals surface area contributed by atoms with Crippen LogP contribution in [0.5, 0.6) is 0 Å². The highest BCUT2D eigenvalue weighted by atomic mass is 16.5. The Kier molecular flexibility index (Phi) is 5.17. The summed E-state index contributed by atoms with van der Waals surface area (Å²) in [6.45, 7) is 4.58. The molecule has 1 fully saturated rings. The Balaban J connectivity index is 2.33. The van der Waals surface area contributed by atoms with Gasteiger partial charge in [0.15, 0.2) is 0 Å². The fourth-order valence-electron chi connectivity index (χ4n) is 2.36. The molecule has 2 N–H and O–H groups in total. The summed E-state index contributed by atoms with van der Waals surface area (Å²) >= 11 is 0. The number of ether oxygens (including phenoxy) is 1. The molecule has 0 aliphatic heterocycles. The molecule has 19 heavy (non-hydrogen) atoms. The molecule has 0 bridgehead atoms. The fraction of sp³-hybridized carbons (Fsp3) is 0.846. The van der Waals surface area contributed by atoms with Gasteiger partial charge in [0.05, 0.1) is 6.10 Å². The van der Waals surface area contributed by atoms with Gasteiger partial charge < -0.3 is 20.1 Å². The second-order valence-electron chi connectivity index (χ2n) is 5.70. The van der Waals surface area contributed by atoms with E-state index >= 15 is 0 Å². The summed E-state index contributed by atoms with van der Waals surface area (Å²) in [6.07, 6.45) is 1.54. The number of carboxylic acids is 1. The Hall–Kier alpha value is -1.30. The topological polar surface area (TPSA) is 78.9 Å². The van der Waals surface area contributed by atoms with Crippen molar-refractivity contribution >= 4 is 12.0 Å². The molecule has 0 aromatic carbocycles. The van der Waals surface area contributed by atoms with Gasteiger partial charge in [-0.1, -0.05) is 13.8 Å². The van der Waals surface area contributed by atoms with Gasteiger partial charge in [0.25, 0.3) is 0 Å². The van der Waals surface area contributed by atoms with Gasteiger partial charge in [-0.15, -0.1) is 0 Å². The van der Waals surface area contributed by atoms with Crippen molar-refractivity contribution in [1.29, 1.82) is 0 Å². The molecular weight excluding hydrogens is 248 g/mol. The van der Waals surface area contributed by atoms with E-state index in [4.69, 9.17) is 9.84 Å². The van der Waals surface area contributed by atoms with E-state index in [1.54, 1.807) is 14.2 Å². The number of carboxylic acid groups (broad SMARTS) is 1. The summed E-state index contributed by atoms with van der Waals surface area (Å²) in [5.41, 5.74) is -0.0632. The first-order valence-electron chi connectivity index (χ1n) is 6.55. The van der Waals surface area contributed by atoms with Crippen LogP contribution in [-0.2, 0) is 9.53 Å². The fourth-order valence-corrected chi connectivity index (χ4v) is 2.36. The molecule has 0 heterocycles. The van der Waals surface area contributed by atoms with Gasteiger partial charge in [-0.3, -0.25) is 4.79 Å². The van der Waals surface area contributed by atoms with Gasteiger partial charge in [0.2, 0.25) is 0 Å². The SMILES string of the molecule is COC1CC(NC(=O)N(C)CCCC(=O)O)C1(C)C. The van der Waals surface area contributed by atoms with E-state index in [2.05, 4.69) is 19.2 Å². The summed E-state index contributed by atoms with van der Waals surface area (Å²) in [5.74, 6) is -0.836. The van der Waals surface area contributed by atoms with Crippen LogP contribution >= 0.6 is 0 Å². The number of hydrogen-bond donors (Lipinski definition) is 2. The van der Waals surface area contributed by atoms with Crippen molar-refractivity contribution in [1.82, 2.24) is 10.2 Å². The molecule has 1 aliphatic rings. The molecule has 1 aliphatic carbocycles. The smallest absolute Gasteiger partial charge is 0.317 e. The average molecular weight is 272 g/mol. The van der Waals surface area contributed by atoms with Crippen LogP contribution in [0.15, 0.2) is 0 Å². The van der Waals surface area contributed by atoms with Gasteiger partial charge >= 0.3 is 12.0 Å². The minimum atomic E-state index is -0.836. The number of rotatable bonds is 6. The quantitative estimate of drug-likeness (QED) is 0.764. The number of urea groups is 1. The van der Waals surface area contributed by atoms with E-state index in [9.17, 15) is 9.59 Å². The van der Waals surface area contributed by atoms with Crippen LogP contribution in [0.3, 0.4) is 0 Å². The maximum atomic E-state index is 11.9. The minimum absolute atomic E-state index is 0.0632. The third kappa shape index (κ3) is 3.83. The highest BCUT2D eigenvalue weighted by Gasteiger charge is 2.49. The maximum absolute atomic E-state index is 11.9. The molecule has 0 saturated heterocycles. The van der Waals surface area contributed by atoms with Gasteiger partial charge in [-0.25, -0.2) is 4.79 Å². The standard InChI is InChI=1S/C13H24N2O4/c1-13(2)9(8-10(13)19-4)14-12(18)15(3)7-5-6-11(16)17/h9-10H,5-8H2,1-4H3,(H,14,18)(H,16,17). The lowest BCUT2D eigenvalue weighted by Gasteiger charge is -2.51. The lowest BCUT2D eigenvalue weighted by Crippen LogP contribution is -2.63. The first-order chi connectivity index (χ1) is 8.78. The highest BCUT2D eigenvalue weighted by molar-refractivity contribution is 5.74. The molecule has 0 radical (unpaired) electrons. The molecule has 0 aromatic rings. The van der Waals surface area contributed by atoms with Gasteiger partial charge in [-0.2, -0.15) is 0 Å². The number of amides is 2. The Labute approximate surface area is 114 Å². The predicted octanol–water partition coefficient (Wildman–Crippen LogP) is 1.31. The Bertz CT molecular complexity index is 344. The highest BCUT2D eigenvalue weighted by Crippen LogP contribution is 2.42. The molecule has 1 saturated carbocycles. The third-order valence-electron chi connectivity index (χ3n) is 3.99. The lowest BCUT2D eigenvalue weighted by molar-refractivity contribution is -0.137. The average Bonchev–Trinajstić information content (AvgIpc) is 2.32. The van der Waals surface area contributed by atoms with Crippen LogP contribution in [-0.4, -0.2) is 54.9 Å². The van der Waals surface area contributed by atoms with Crippen LogP contribution in [0.2, 0.25) is 0 Å². The van der Waals surface area contributed by atoms with Crippen LogP contribution < -0.4 is 5.32 Å². The first kappa shape index (κ1) is 15.8. The largest absolute Gasteiger partial charge is 0.481 e. The van der Waals surface area contributed by atoms with E-state index in [1.807, 2.05) is 0 Å². The van der Waals surface area contributed by atoms with Crippen LogP contribution in [0.1, 0.15) is 33.1 Å². The van der Waals surface area contributed by atoms with Crippen molar-refractivity contribution in [2.24, 2.45) is 5.41 Å². The molecule has 0 aromatic heterocycles. The van der Waals surface area contributed by atoms with E-state index in [1.165, 1.54) is 4.90 Å². The lowest BCUT2D eigenvalue weighted by atomic mass is 9.64. The summed E-state index contributed by atoms with van der Waals surface area (Å²) in [4.78, 5) is 23.9. The molecule has 6 nitrogen and oxygen atoms in total. The van der Waals surface area contributed by atoms with Crippen molar-refractivity contribution in [3.63, 3.8) is 0 Å². The zero-order valence-electron chi connectivity index (χ0n) is 12.1. The van der Waals surface area contributed by atoms with Gasteiger partial charge in [-0.05, 0) is 12.8 Å². The zero-order valence-corrected chi connectivity index (χ0v) is 12.1. The summed E-state index contributed by atoms with van der Waals surface area (Å²) in [5, 5.41) is 11.5. The number of nitrogens with one attached hydrogen (secondary N) is 1. The van der Waals surface area contributed by atoms with Crippen molar-refractivity contribution in [3.05, 3.63) is 0 Å². The van der Waals surface area contributed by atoms with E-state index in [0.717, 1.165) is 6.42 Å². The molecular formula is C13H24N2O4. The second-order valence-corrected chi connectivity index (χ2v) is 5.70. The minimum Gasteiger partial charge on any atom is -0.481 e. The van der Waals surface area contributed by atoms with Crippen molar-refractivity contribution in [3.8, 4) is 0 Å². The maximum Gasteiger partial charge on any atom is 0.317 e. The van der Waals surface area contributed by atoms with E-state index in [0.29, 0.717) is 13.0 Å². The number of methoxy groups -OCH3 is 1. The number of hydrogen-bond acceptors (Lipinski definition) is 3. The Morgan fingerprint density at radius 2 is 2.11 bits per heavy atom. The molecule has 6 heteroatoms. The second kappa shape index (κ2) is 6.23. The van der Waals surface area contributed by atoms with Crippen LogP contribution in [0.4, 0.5) is 4.79 Å². The van der Waals surface area contributed by atoms with Crippen molar-refractivity contribution in [2.75, 3.05) is 20.7 Å². The number of nitrogens with zero attached hydrogens (tertiary/aromatic N) is 1. The van der Waals surface area contributed by atoms with E-state index < -0.39 is 5.97 Å². The van der Waals surface area contributed by atoms with Gasteiger partial charge in [0, 0.05) is 38.6 Å². The molecule has 0 spiro atoms. The number of aliphatic carboxylic acids is 1. The molecule has 1 rings (SSSR count). The Morgan fingerprint density at radius 3 is 2.58 bits per heavy atom. The summed E-state index contributed by atoms with van der Waals surface area (Å²) < 4.78 is 5.33. The number of carbonyl (C=O) groups is 2.